The van der Waals surface area contributed by atoms with Crippen molar-refractivity contribution in [2.45, 2.75) is 45.1 Å². The molecule has 0 spiro atoms. The van der Waals surface area contributed by atoms with Gasteiger partial charge in [0.2, 0.25) is 5.91 Å². The average Bonchev–Trinajstić information content (AvgIpc) is 2.48. The Labute approximate surface area is 122 Å². The summed E-state index contributed by atoms with van der Waals surface area (Å²) in [6, 6.07) is 9.04. The second-order valence-electron chi connectivity index (χ2n) is 5.63. The standard InChI is InChI=1S/C17H26N2O/c1-3-6-14-8-10-15(11-9-14)16(18-2)13-19-12-5-4-7-17(19)20/h8-11,16,18H,3-7,12-13H2,1-2H3. The maximum Gasteiger partial charge on any atom is 0.222 e. The Hall–Kier alpha value is -1.35. The summed E-state index contributed by atoms with van der Waals surface area (Å²) in [6.07, 6.45) is 5.21. The van der Waals surface area contributed by atoms with Gasteiger partial charge in [0, 0.05) is 25.6 Å². The summed E-state index contributed by atoms with van der Waals surface area (Å²) < 4.78 is 0. The molecule has 20 heavy (non-hydrogen) atoms. The van der Waals surface area contributed by atoms with Crippen LogP contribution in [0.5, 0.6) is 0 Å². The van der Waals surface area contributed by atoms with Gasteiger partial charge in [-0.15, -0.1) is 0 Å². The molecular weight excluding hydrogens is 248 g/mol. The predicted octanol–water partition coefficient (Wildman–Crippen LogP) is 2.91. The van der Waals surface area contributed by atoms with Crippen LogP contribution in [0.4, 0.5) is 0 Å². The maximum atomic E-state index is 11.9. The Bertz CT molecular complexity index is 427. The molecule has 0 radical (unpaired) electrons. The number of carbonyl (C=O) groups excluding carboxylic acids is 1. The Morgan fingerprint density at radius 1 is 1.25 bits per heavy atom. The molecule has 1 aliphatic rings. The number of likely N-dealkylation sites (tertiary alicyclic amines) is 1. The van der Waals surface area contributed by atoms with E-state index in [2.05, 4.69) is 36.5 Å². The lowest BCUT2D eigenvalue weighted by molar-refractivity contribution is -0.133. The lowest BCUT2D eigenvalue weighted by atomic mass is 10.0. The van der Waals surface area contributed by atoms with Gasteiger partial charge in [-0.2, -0.15) is 0 Å². The summed E-state index contributed by atoms with van der Waals surface area (Å²) in [5, 5.41) is 3.34. The van der Waals surface area contributed by atoms with Gasteiger partial charge in [-0.3, -0.25) is 4.79 Å². The molecule has 110 valence electrons. The first-order valence-electron chi connectivity index (χ1n) is 7.78. The van der Waals surface area contributed by atoms with Gasteiger partial charge in [0.25, 0.3) is 0 Å². The van der Waals surface area contributed by atoms with Crippen molar-refractivity contribution in [2.24, 2.45) is 0 Å². The Kier molecular flexibility index (Phi) is 5.60. The van der Waals surface area contributed by atoms with Crippen LogP contribution in [0, 0.1) is 0 Å². The first kappa shape index (κ1) is 15.0. The lowest BCUT2D eigenvalue weighted by Gasteiger charge is -2.30. The number of hydrogen-bond donors (Lipinski definition) is 1. The summed E-state index contributed by atoms with van der Waals surface area (Å²) >= 11 is 0. The summed E-state index contributed by atoms with van der Waals surface area (Å²) in [4.78, 5) is 13.9. The van der Waals surface area contributed by atoms with Crippen LogP contribution in [-0.2, 0) is 11.2 Å². The number of amides is 1. The minimum atomic E-state index is 0.229. The Morgan fingerprint density at radius 2 is 2.00 bits per heavy atom. The largest absolute Gasteiger partial charge is 0.341 e. The van der Waals surface area contributed by atoms with E-state index in [4.69, 9.17) is 0 Å². The van der Waals surface area contributed by atoms with Gasteiger partial charge in [0.05, 0.1) is 0 Å². The maximum absolute atomic E-state index is 11.9. The van der Waals surface area contributed by atoms with E-state index < -0.39 is 0 Å². The van der Waals surface area contributed by atoms with Crippen molar-refractivity contribution in [2.75, 3.05) is 20.1 Å². The SMILES string of the molecule is CCCc1ccc(C(CN2CCCCC2=O)NC)cc1. The molecule has 1 atom stereocenters. The summed E-state index contributed by atoms with van der Waals surface area (Å²) in [5.41, 5.74) is 2.66. The number of rotatable bonds is 6. The van der Waals surface area contributed by atoms with E-state index in [-0.39, 0.29) is 6.04 Å². The predicted molar refractivity (Wildman–Crippen MR) is 82.7 cm³/mol. The second-order valence-corrected chi connectivity index (χ2v) is 5.63. The number of piperidine rings is 1. The van der Waals surface area contributed by atoms with E-state index in [0.717, 1.165) is 32.4 Å². The molecule has 0 aliphatic carbocycles. The van der Waals surface area contributed by atoms with E-state index in [1.807, 2.05) is 11.9 Å². The monoisotopic (exact) mass is 274 g/mol. The van der Waals surface area contributed by atoms with Crippen molar-refractivity contribution in [3.8, 4) is 0 Å². The van der Waals surface area contributed by atoms with Gasteiger partial charge >= 0.3 is 0 Å². The lowest BCUT2D eigenvalue weighted by Crippen LogP contribution is -2.40. The number of nitrogens with one attached hydrogen (secondary N) is 1. The second kappa shape index (κ2) is 7.44. The van der Waals surface area contributed by atoms with Crippen LogP contribution in [0.25, 0.3) is 0 Å². The highest BCUT2D eigenvalue weighted by Crippen LogP contribution is 2.19. The number of likely N-dealkylation sites (N-methyl/N-ethyl adjacent to an activating group) is 1. The van der Waals surface area contributed by atoms with Gasteiger partial charge < -0.3 is 10.2 Å². The van der Waals surface area contributed by atoms with Gasteiger partial charge in [0.15, 0.2) is 0 Å². The molecule has 0 aromatic heterocycles. The molecular formula is C17H26N2O. The Morgan fingerprint density at radius 3 is 2.60 bits per heavy atom. The quantitative estimate of drug-likeness (QED) is 0.865. The summed E-state index contributed by atoms with van der Waals surface area (Å²) in [6.45, 7) is 3.89. The third-order valence-corrected chi connectivity index (χ3v) is 4.09. The fourth-order valence-electron chi connectivity index (χ4n) is 2.84. The number of carbonyl (C=O) groups is 1. The fraction of sp³-hybridized carbons (Fsp3) is 0.588. The van der Waals surface area contributed by atoms with E-state index in [0.29, 0.717) is 12.3 Å². The van der Waals surface area contributed by atoms with Crippen molar-refractivity contribution >= 4 is 5.91 Å². The minimum absolute atomic E-state index is 0.229. The molecule has 1 N–H and O–H groups in total. The molecule has 3 nitrogen and oxygen atoms in total. The van der Waals surface area contributed by atoms with Gasteiger partial charge in [-0.05, 0) is 37.4 Å². The number of nitrogens with zero attached hydrogens (tertiary/aromatic N) is 1. The smallest absolute Gasteiger partial charge is 0.222 e. The third kappa shape index (κ3) is 3.83. The van der Waals surface area contributed by atoms with Crippen molar-refractivity contribution in [3.05, 3.63) is 35.4 Å². The molecule has 1 aromatic rings. The van der Waals surface area contributed by atoms with E-state index in [9.17, 15) is 4.79 Å². The van der Waals surface area contributed by atoms with Crippen LogP contribution >= 0.6 is 0 Å². The molecule has 1 amide bonds. The first-order chi connectivity index (χ1) is 9.74. The highest BCUT2D eigenvalue weighted by atomic mass is 16.2. The van der Waals surface area contributed by atoms with Gasteiger partial charge in [-0.25, -0.2) is 0 Å². The van der Waals surface area contributed by atoms with Crippen LogP contribution < -0.4 is 5.32 Å². The number of hydrogen-bond acceptors (Lipinski definition) is 2. The van der Waals surface area contributed by atoms with Crippen molar-refractivity contribution in [3.63, 3.8) is 0 Å². The van der Waals surface area contributed by atoms with E-state index >= 15 is 0 Å². The highest BCUT2D eigenvalue weighted by Gasteiger charge is 2.21. The molecule has 1 aliphatic heterocycles. The molecule has 1 heterocycles. The zero-order valence-corrected chi connectivity index (χ0v) is 12.7. The molecule has 1 saturated heterocycles. The van der Waals surface area contributed by atoms with Crippen LogP contribution in [0.2, 0.25) is 0 Å². The van der Waals surface area contributed by atoms with Crippen molar-refractivity contribution < 1.29 is 4.79 Å². The molecule has 1 unspecified atom stereocenters. The number of benzene rings is 1. The molecule has 3 heteroatoms. The average molecular weight is 274 g/mol. The van der Waals surface area contributed by atoms with Crippen molar-refractivity contribution in [1.82, 2.24) is 10.2 Å². The minimum Gasteiger partial charge on any atom is -0.341 e. The zero-order chi connectivity index (χ0) is 14.4. The van der Waals surface area contributed by atoms with E-state index in [1.54, 1.807) is 0 Å². The Balaban J connectivity index is 2.01. The van der Waals surface area contributed by atoms with Crippen LogP contribution in [0.1, 0.15) is 49.8 Å². The molecule has 0 saturated carbocycles. The normalized spacial score (nSPS) is 17.3. The van der Waals surface area contributed by atoms with Crippen LogP contribution in [0.15, 0.2) is 24.3 Å². The topological polar surface area (TPSA) is 32.3 Å². The summed E-state index contributed by atoms with van der Waals surface area (Å²) in [7, 11) is 1.97. The first-order valence-corrected chi connectivity index (χ1v) is 7.78. The molecule has 1 aromatic carbocycles. The van der Waals surface area contributed by atoms with Crippen LogP contribution in [-0.4, -0.2) is 30.9 Å². The molecule has 2 rings (SSSR count). The third-order valence-electron chi connectivity index (χ3n) is 4.09. The molecule has 1 fully saturated rings. The number of aryl methyl sites for hydroxylation is 1. The fourth-order valence-corrected chi connectivity index (χ4v) is 2.84. The van der Waals surface area contributed by atoms with Gasteiger partial charge in [0.1, 0.15) is 0 Å². The zero-order valence-electron chi connectivity index (χ0n) is 12.7. The van der Waals surface area contributed by atoms with Crippen molar-refractivity contribution in [1.29, 1.82) is 0 Å². The van der Waals surface area contributed by atoms with E-state index in [1.165, 1.54) is 17.5 Å². The highest BCUT2D eigenvalue weighted by molar-refractivity contribution is 5.76. The van der Waals surface area contributed by atoms with Gasteiger partial charge in [-0.1, -0.05) is 37.6 Å². The molecule has 0 bridgehead atoms. The summed E-state index contributed by atoms with van der Waals surface area (Å²) in [5.74, 6) is 0.305. The van der Waals surface area contributed by atoms with Crippen LogP contribution in [0.3, 0.4) is 0 Å².